The third-order valence-electron chi connectivity index (χ3n) is 12.4. The van der Waals surface area contributed by atoms with E-state index in [0.29, 0.717) is 0 Å². The number of aromatic nitrogens is 1. The molecule has 3 N–H and O–H groups in total. The summed E-state index contributed by atoms with van der Waals surface area (Å²) in [6.45, 7) is 5.44. The van der Waals surface area contributed by atoms with Gasteiger partial charge in [-0.1, -0.05) is 153 Å². The van der Waals surface area contributed by atoms with E-state index < -0.39 is 0 Å². The first-order valence-corrected chi connectivity index (χ1v) is 20.5. The van der Waals surface area contributed by atoms with Gasteiger partial charge in [0, 0.05) is 34.0 Å². The van der Waals surface area contributed by atoms with Crippen LogP contribution in [0.5, 0.6) is 0 Å². The van der Waals surface area contributed by atoms with Crippen molar-refractivity contribution in [3.63, 3.8) is 0 Å². The number of rotatable bonds is 6. The molecule has 5 heteroatoms. The van der Waals surface area contributed by atoms with Crippen LogP contribution in [0.3, 0.4) is 0 Å². The van der Waals surface area contributed by atoms with Crippen molar-refractivity contribution >= 4 is 22.8 Å². The van der Waals surface area contributed by atoms with Crippen LogP contribution < -0.4 is 16.0 Å². The highest BCUT2D eigenvalue weighted by Gasteiger charge is 2.35. The largest absolute Gasteiger partial charge is 0.387 e. The second-order valence-electron chi connectivity index (χ2n) is 16.3. The molecule has 2 unspecified atom stereocenters. The average molecular weight is 762 g/mol. The minimum atomic E-state index is -0.307. The zero-order valence-electron chi connectivity index (χ0n) is 33.1. The van der Waals surface area contributed by atoms with Gasteiger partial charge < -0.3 is 10.6 Å². The number of nitrogens with one attached hydrogen (secondary N) is 3. The SMILES string of the molecule is CC1(C)c2ccccc2-c2ccc(-c3cc(-c4ccc(-c5nc6ccccc6c6c5CNC=C6)cc4)cc(C4N=C(c5ccccc5)NC(c5ccccc5)N4)c3)cc21. The summed E-state index contributed by atoms with van der Waals surface area (Å²) in [6.07, 6.45) is 3.78. The lowest BCUT2D eigenvalue weighted by Gasteiger charge is -2.32. The van der Waals surface area contributed by atoms with E-state index in [2.05, 4.69) is 200 Å². The Morgan fingerprint density at radius 1 is 0.559 bits per heavy atom. The van der Waals surface area contributed by atoms with Crippen LogP contribution in [-0.2, 0) is 12.0 Å². The Morgan fingerprint density at radius 3 is 2.07 bits per heavy atom. The Kier molecular flexibility index (Phi) is 8.38. The van der Waals surface area contributed by atoms with Crippen molar-refractivity contribution in [1.82, 2.24) is 20.9 Å². The molecule has 3 heterocycles. The second kappa shape index (κ2) is 14.1. The number of aliphatic imine (C=N–C) groups is 1. The van der Waals surface area contributed by atoms with E-state index in [-0.39, 0.29) is 17.7 Å². The molecule has 1 aromatic heterocycles. The smallest absolute Gasteiger partial charge is 0.131 e. The van der Waals surface area contributed by atoms with E-state index in [4.69, 9.17) is 9.98 Å². The molecule has 3 aliphatic rings. The fraction of sp³-hybridized carbons (Fsp3) is 0.111. The second-order valence-corrected chi connectivity index (χ2v) is 16.3. The number of para-hydroxylation sites is 1. The molecule has 0 fully saturated rings. The molecule has 8 aromatic rings. The van der Waals surface area contributed by atoms with Gasteiger partial charge in [0.05, 0.1) is 11.2 Å². The standard InChI is InChI=1S/C54H43N5/c1-54(2)47-19-11-9-17-43(47)44-26-25-38(32-48(44)54)40-29-39(34-21-23-35(24-22-34)50-46-33-55-28-27-42(46)45-18-10-12-20-49(45)56-50)30-41(31-40)53-58-51(36-13-5-3-6-14-36)57-52(59-53)37-15-7-4-8-16-37/h3-32,51,53,55,58H,33H2,1-2H3,(H,57,59). The predicted octanol–water partition coefficient (Wildman–Crippen LogP) is 12.0. The van der Waals surface area contributed by atoms with Gasteiger partial charge in [-0.25, -0.2) is 9.98 Å². The van der Waals surface area contributed by atoms with E-state index in [1.165, 1.54) is 44.3 Å². The molecule has 0 spiro atoms. The highest BCUT2D eigenvalue weighted by atomic mass is 15.3. The molecule has 7 aromatic carbocycles. The molecule has 0 saturated heterocycles. The maximum Gasteiger partial charge on any atom is 0.131 e. The summed E-state index contributed by atoms with van der Waals surface area (Å²) in [7, 11) is 0. The zero-order valence-corrected chi connectivity index (χ0v) is 33.1. The maximum atomic E-state index is 5.37. The summed E-state index contributed by atoms with van der Waals surface area (Å²) in [4.78, 5) is 10.6. The first-order chi connectivity index (χ1) is 29.0. The molecule has 5 nitrogen and oxygen atoms in total. The van der Waals surface area contributed by atoms with E-state index >= 15 is 0 Å². The fourth-order valence-electron chi connectivity index (χ4n) is 9.33. The summed E-state index contributed by atoms with van der Waals surface area (Å²) in [5.74, 6) is 0.868. The molecule has 2 aliphatic heterocycles. The number of pyridine rings is 1. The van der Waals surface area contributed by atoms with Crippen LogP contribution in [0, 0.1) is 0 Å². The number of nitrogens with zero attached hydrogens (tertiary/aromatic N) is 2. The minimum Gasteiger partial charge on any atom is -0.387 e. The summed E-state index contributed by atoms with van der Waals surface area (Å²) in [6, 6.07) is 61.3. The Bertz CT molecular complexity index is 2960. The zero-order chi connectivity index (χ0) is 39.5. The molecule has 59 heavy (non-hydrogen) atoms. The van der Waals surface area contributed by atoms with Crippen LogP contribution in [0.25, 0.3) is 61.6 Å². The van der Waals surface area contributed by atoms with Gasteiger partial charge in [-0.05, 0) is 104 Å². The van der Waals surface area contributed by atoms with E-state index in [0.717, 1.165) is 62.5 Å². The number of amidine groups is 1. The van der Waals surface area contributed by atoms with Crippen molar-refractivity contribution in [2.24, 2.45) is 4.99 Å². The van der Waals surface area contributed by atoms with Gasteiger partial charge in [0.15, 0.2) is 0 Å². The molecular formula is C54H43N5. The van der Waals surface area contributed by atoms with Crippen LogP contribution in [0.15, 0.2) is 181 Å². The Hall–Kier alpha value is -7.08. The fourth-order valence-corrected chi connectivity index (χ4v) is 9.33. The van der Waals surface area contributed by atoms with Crippen LogP contribution in [0.4, 0.5) is 0 Å². The average Bonchev–Trinajstić information content (AvgIpc) is 3.54. The molecule has 0 radical (unpaired) electrons. The molecule has 1 aliphatic carbocycles. The monoisotopic (exact) mass is 761 g/mol. The van der Waals surface area contributed by atoms with Crippen molar-refractivity contribution < 1.29 is 0 Å². The summed E-state index contributed by atoms with van der Waals surface area (Å²) >= 11 is 0. The molecule has 11 rings (SSSR count). The van der Waals surface area contributed by atoms with Crippen molar-refractivity contribution in [2.75, 3.05) is 0 Å². The topological polar surface area (TPSA) is 61.3 Å². The van der Waals surface area contributed by atoms with Crippen molar-refractivity contribution in [3.8, 4) is 44.6 Å². The highest BCUT2D eigenvalue weighted by Crippen LogP contribution is 2.50. The van der Waals surface area contributed by atoms with Crippen LogP contribution >= 0.6 is 0 Å². The lowest BCUT2D eigenvalue weighted by Crippen LogP contribution is -2.44. The maximum absolute atomic E-state index is 5.37. The normalized spacial score (nSPS) is 17.3. The van der Waals surface area contributed by atoms with Gasteiger partial charge in [0.25, 0.3) is 0 Å². The quantitative estimate of drug-likeness (QED) is 0.158. The lowest BCUT2D eigenvalue weighted by molar-refractivity contribution is 0.409. The third-order valence-corrected chi connectivity index (χ3v) is 12.4. The van der Waals surface area contributed by atoms with Gasteiger partial charge in [0.1, 0.15) is 18.2 Å². The molecule has 2 atom stereocenters. The first kappa shape index (κ1) is 35.1. The Labute approximate surface area is 345 Å². The molecular weight excluding hydrogens is 719 g/mol. The molecule has 284 valence electrons. The Balaban J connectivity index is 1.05. The van der Waals surface area contributed by atoms with Gasteiger partial charge in [-0.3, -0.25) is 5.32 Å². The molecule has 0 saturated carbocycles. The van der Waals surface area contributed by atoms with Crippen LogP contribution in [0.2, 0.25) is 0 Å². The highest BCUT2D eigenvalue weighted by molar-refractivity contribution is 5.99. The molecule has 0 bridgehead atoms. The number of fused-ring (bicyclic) bond motifs is 6. The third kappa shape index (κ3) is 6.14. The Morgan fingerprint density at radius 2 is 1.24 bits per heavy atom. The van der Waals surface area contributed by atoms with Crippen molar-refractivity contribution in [1.29, 1.82) is 0 Å². The molecule has 0 amide bonds. The van der Waals surface area contributed by atoms with Crippen LogP contribution in [0.1, 0.15) is 65.1 Å². The lowest BCUT2D eigenvalue weighted by atomic mass is 9.81. The number of hydrogen-bond acceptors (Lipinski definition) is 5. The van der Waals surface area contributed by atoms with E-state index in [9.17, 15) is 0 Å². The number of hydrogen-bond donors (Lipinski definition) is 3. The van der Waals surface area contributed by atoms with Gasteiger partial charge in [-0.15, -0.1) is 0 Å². The number of benzene rings is 7. The van der Waals surface area contributed by atoms with Crippen molar-refractivity contribution in [3.05, 3.63) is 215 Å². The minimum absolute atomic E-state index is 0.103. The van der Waals surface area contributed by atoms with Gasteiger partial charge in [-0.2, -0.15) is 0 Å². The first-order valence-electron chi connectivity index (χ1n) is 20.5. The van der Waals surface area contributed by atoms with E-state index in [1.807, 2.05) is 12.3 Å². The van der Waals surface area contributed by atoms with Crippen LogP contribution in [-0.4, -0.2) is 10.8 Å². The van der Waals surface area contributed by atoms with Gasteiger partial charge >= 0.3 is 0 Å². The summed E-state index contributed by atoms with van der Waals surface area (Å²) in [5.41, 5.74) is 18.8. The summed E-state index contributed by atoms with van der Waals surface area (Å²) < 4.78 is 0. The van der Waals surface area contributed by atoms with Gasteiger partial charge in [0.2, 0.25) is 0 Å². The van der Waals surface area contributed by atoms with E-state index in [1.54, 1.807) is 0 Å². The predicted molar refractivity (Wildman–Crippen MR) is 243 cm³/mol. The summed E-state index contributed by atoms with van der Waals surface area (Å²) in [5, 5.41) is 12.2. The van der Waals surface area contributed by atoms with Crippen molar-refractivity contribution in [2.45, 2.75) is 38.1 Å².